The van der Waals surface area contributed by atoms with Gasteiger partial charge in [-0.3, -0.25) is 9.59 Å². The molecule has 0 aromatic rings. The molecular weight excluding hydrogens is 264 g/mol. The number of carboxylic acids is 1. The van der Waals surface area contributed by atoms with Crippen LogP contribution < -0.4 is 5.73 Å². The molecule has 0 aromatic heterocycles. The predicted molar refractivity (Wildman–Crippen MR) is 77.1 cm³/mol. The maximum atomic E-state index is 12.7. The van der Waals surface area contributed by atoms with Crippen molar-refractivity contribution in [2.45, 2.75) is 45.7 Å². The van der Waals surface area contributed by atoms with Crippen LogP contribution in [0.15, 0.2) is 0 Å². The number of rotatable bonds is 4. The summed E-state index contributed by atoms with van der Waals surface area (Å²) in [5, 5.41) is 8.96. The number of hydrogen-bond acceptors (Lipinski definition) is 4. The first kappa shape index (κ1) is 16.3. The monoisotopic (exact) mass is 288 g/mol. The van der Waals surface area contributed by atoms with E-state index in [-0.39, 0.29) is 18.4 Å². The smallest absolute Gasteiger partial charge is 0.305 e. The zero-order valence-electron chi connectivity index (χ0n) is 12.1. The molecule has 0 radical (unpaired) electrons. The van der Waals surface area contributed by atoms with Gasteiger partial charge in [0, 0.05) is 23.6 Å². The number of carboxylic acid groups (broad SMARTS) is 1. The number of carbonyl (C=O) groups is 2. The highest BCUT2D eigenvalue weighted by molar-refractivity contribution is 7.99. The quantitative estimate of drug-likeness (QED) is 0.811. The second kappa shape index (κ2) is 5.71. The Labute approximate surface area is 118 Å². The van der Waals surface area contributed by atoms with Gasteiger partial charge in [0.1, 0.15) is 0 Å². The van der Waals surface area contributed by atoms with Gasteiger partial charge >= 0.3 is 5.97 Å². The van der Waals surface area contributed by atoms with E-state index in [0.717, 1.165) is 5.75 Å². The van der Waals surface area contributed by atoms with Crippen molar-refractivity contribution in [2.75, 3.05) is 18.1 Å². The van der Waals surface area contributed by atoms with E-state index in [9.17, 15) is 9.59 Å². The lowest BCUT2D eigenvalue weighted by Crippen LogP contribution is -2.60. The molecule has 1 amide bonds. The summed E-state index contributed by atoms with van der Waals surface area (Å²) in [6.07, 6.45) is -0.000179. The van der Waals surface area contributed by atoms with Crippen LogP contribution in [0.4, 0.5) is 0 Å². The van der Waals surface area contributed by atoms with Gasteiger partial charge in [0.15, 0.2) is 0 Å². The third-order valence-electron chi connectivity index (χ3n) is 4.04. The second-order valence-corrected chi connectivity index (χ2v) is 7.32. The predicted octanol–water partition coefficient (Wildman–Crippen LogP) is 1.17. The van der Waals surface area contributed by atoms with Crippen LogP contribution in [0.3, 0.4) is 0 Å². The fourth-order valence-corrected chi connectivity index (χ4v) is 2.99. The van der Waals surface area contributed by atoms with Gasteiger partial charge in [0.2, 0.25) is 5.91 Å². The average molecular weight is 288 g/mol. The van der Waals surface area contributed by atoms with Crippen LogP contribution >= 0.6 is 11.8 Å². The second-order valence-electron chi connectivity index (χ2n) is 6.17. The standard InChI is InChI=1S/C13H24N2O3S/c1-12(2,13(3,4)14)11(18)15-5-6-19-8-9(15)7-10(16)17/h9H,5-8,14H2,1-4H3,(H,16,17). The van der Waals surface area contributed by atoms with E-state index in [1.807, 2.05) is 27.7 Å². The zero-order valence-corrected chi connectivity index (χ0v) is 12.9. The number of amides is 1. The summed E-state index contributed by atoms with van der Waals surface area (Å²) in [5.41, 5.74) is 4.73. The molecule has 0 spiro atoms. The molecule has 0 saturated carbocycles. The largest absolute Gasteiger partial charge is 0.481 e. The zero-order chi connectivity index (χ0) is 14.8. The molecular formula is C13H24N2O3S. The molecule has 0 aliphatic carbocycles. The number of nitrogens with zero attached hydrogens (tertiary/aromatic N) is 1. The molecule has 1 fully saturated rings. The maximum absolute atomic E-state index is 12.7. The van der Waals surface area contributed by atoms with E-state index in [0.29, 0.717) is 12.3 Å². The molecule has 0 bridgehead atoms. The highest BCUT2D eigenvalue weighted by Gasteiger charge is 2.45. The fraction of sp³-hybridized carbons (Fsp3) is 0.846. The van der Waals surface area contributed by atoms with Gasteiger partial charge in [-0.15, -0.1) is 0 Å². The van der Waals surface area contributed by atoms with Gasteiger partial charge in [-0.25, -0.2) is 0 Å². The molecule has 1 aliphatic heterocycles. The SMILES string of the molecule is CC(C)(N)C(C)(C)C(=O)N1CCSCC1CC(=O)O. The molecule has 1 rings (SSSR count). The molecule has 5 nitrogen and oxygen atoms in total. The molecule has 0 aromatic carbocycles. The third-order valence-corrected chi connectivity index (χ3v) is 5.14. The van der Waals surface area contributed by atoms with Crippen molar-refractivity contribution in [2.24, 2.45) is 11.1 Å². The average Bonchev–Trinajstić information content (AvgIpc) is 2.26. The molecule has 1 heterocycles. The molecule has 3 N–H and O–H groups in total. The van der Waals surface area contributed by atoms with E-state index in [1.54, 1.807) is 16.7 Å². The van der Waals surface area contributed by atoms with Gasteiger partial charge in [-0.05, 0) is 27.7 Å². The third kappa shape index (κ3) is 3.63. The first-order chi connectivity index (χ1) is 8.57. The summed E-state index contributed by atoms with van der Waals surface area (Å²) >= 11 is 1.70. The lowest BCUT2D eigenvalue weighted by Gasteiger charge is -2.44. The van der Waals surface area contributed by atoms with Gasteiger partial charge in [-0.1, -0.05) is 0 Å². The lowest BCUT2D eigenvalue weighted by molar-refractivity contribution is -0.147. The molecule has 110 valence electrons. The van der Waals surface area contributed by atoms with Crippen LogP contribution in [-0.2, 0) is 9.59 Å². The molecule has 6 heteroatoms. The van der Waals surface area contributed by atoms with Crippen LogP contribution in [0, 0.1) is 5.41 Å². The molecule has 1 unspecified atom stereocenters. The topological polar surface area (TPSA) is 83.6 Å². The van der Waals surface area contributed by atoms with Crippen molar-refractivity contribution in [1.82, 2.24) is 4.90 Å². The van der Waals surface area contributed by atoms with Gasteiger partial charge in [-0.2, -0.15) is 11.8 Å². The lowest BCUT2D eigenvalue weighted by atomic mass is 9.74. The summed E-state index contributed by atoms with van der Waals surface area (Å²) < 4.78 is 0. The van der Waals surface area contributed by atoms with Gasteiger partial charge in [0.25, 0.3) is 0 Å². The molecule has 19 heavy (non-hydrogen) atoms. The Kier molecular flexibility index (Phi) is 4.90. The minimum Gasteiger partial charge on any atom is -0.481 e. The van der Waals surface area contributed by atoms with Crippen molar-refractivity contribution in [1.29, 1.82) is 0 Å². The van der Waals surface area contributed by atoms with Crippen LogP contribution in [0.2, 0.25) is 0 Å². The van der Waals surface area contributed by atoms with Crippen molar-refractivity contribution in [3.05, 3.63) is 0 Å². The van der Waals surface area contributed by atoms with E-state index in [1.165, 1.54) is 0 Å². The number of aliphatic carboxylic acids is 1. The van der Waals surface area contributed by atoms with E-state index in [4.69, 9.17) is 10.8 Å². The minimum absolute atomic E-state index is 0.000179. The Morgan fingerprint density at radius 1 is 1.37 bits per heavy atom. The number of thioether (sulfide) groups is 1. The van der Waals surface area contributed by atoms with Gasteiger partial charge in [0.05, 0.1) is 17.9 Å². The summed E-state index contributed by atoms with van der Waals surface area (Å²) in [7, 11) is 0. The molecule has 1 saturated heterocycles. The summed E-state index contributed by atoms with van der Waals surface area (Å²) in [5.74, 6) is 0.615. The number of carbonyl (C=O) groups excluding carboxylic acids is 1. The van der Waals surface area contributed by atoms with E-state index < -0.39 is 16.9 Å². The first-order valence-electron chi connectivity index (χ1n) is 6.47. The summed E-state index contributed by atoms with van der Waals surface area (Å²) in [4.78, 5) is 25.3. The number of hydrogen-bond donors (Lipinski definition) is 2. The normalized spacial score (nSPS) is 21.3. The van der Waals surface area contributed by atoms with Crippen LogP contribution in [-0.4, -0.2) is 51.5 Å². The Morgan fingerprint density at radius 3 is 2.42 bits per heavy atom. The highest BCUT2D eigenvalue weighted by atomic mass is 32.2. The van der Waals surface area contributed by atoms with E-state index >= 15 is 0 Å². The summed E-state index contributed by atoms with van der Waals surface area (Å²) in [6, 6.07) is -0.231. The molecule has 1 atom stereocenters. The van der Waals surface area contributed by atoms with Gasteiger partial charge < -0.3 is 15.7 Å². The Balaban J connectivity index is 2.91. The number of nitrogens with two attached hydrogens (primary N) is 1. The van der Waals surface area contributed by atoms with Crippen LogP contribution in [0.1, 0.15) is 34.1 Å². The van der Waals surface area contributed by atoms with E-state index in [2.05, 4.69) is 0 Å². The maximum Gasteiger partial charge on any atom is 0.305 e. The minimum atomic E-state index is -0.866. The molecule has 1 aliphatic rings. The summed E-state index contributed by atoms with van der Waals surface area (Å²) in [6.45, 7) is 7.91. The van der Waals surface area contributed by atoms with Crippen molar-refractivity contribution in [3.63, 3.8) is 0 Å². The van der Waals surface area contributed by atoms with Crippen LogP contribution in [0.5, 0.6) is 0 Å². The Morgan fingerprint density at radius 2 is 1.95 bits per heavy atom. The Hall–Kier alpha value is -0.750. The fourth-order valence-electron chi connectivity index (χ4n) is 1.93. The van der Waals surface area contributed by atoms with Crippen molar-refractivity contribution >= 4 is 23.6 Å². The first-order valence-corrected chi connectivity index (χ1v) is 7.62. The highest BCUT2D eigenvalue weighted by Crippen LogP contribution is 2.33. The Bertz CT molecular complexity index is 363. The van der Waals surface area contributed by atoms with Crippen molar-refractivity contribution in [3.8, 4) is 0 Å². The van der Waals surface area contributed by atoms with Crippen LogP contribution in [0.25, 0.3) is 0 Å². The van der Waals surface area contributed by atoms with Crippen molar-refractivity contribution < 1.29 is 14.7 Å².